The van der Waals surface area contributed by atoms with Gasteiger partial charge in [0.15, 0.2) is 0 Å². The summed E-state index contributed by atoms with van der Waals surface area (Å²) in [5.41, 5.74) is 0.965. The molecule has 0 saturated carbocycles. The van der Waals surface area contributed by atoms with Gasteiger partial charge in [0, 0.05) is 29.2 Å². The zero-order chi connectivity index (χ0) is 12.1. The van der Waals surface area contributed by atoms with Crippen LogP contribution < -0.4 is 5.32 Å². The Morgan fingerprint density at radius 3 is 2.88 bits per heavy atom. The molecule has 1 rings (SSSR count). The molecule has 0 spiro atoms. The summed E-state index contributed by atoms with van der Waals surface area (Å²) in [5.74, 6) is 0. The van der Waals surface area contributed by atoms with Crippen molar-refractivity contribution in [3.63, 3.8) is 0 Å². The summed E-state index contributed by atoms with van der Waals surface area (Å²) in [7, 11) is 0. The zero-order valence-electron chi connectivity index (χ0n) is 8.94. The van der Waals surface area contributed by atoms with Crippen LogP contribution in [-0.2, 0) is 6.54 Å². The maximum atomic E-state index is 10.6. The van der Waals surface area contributed by atoms with Crippen LogP contribution >= 0.6 is 15.9 Å². The number of nitro benzene ring substituents is 1. The van der Waals surface area contributed by atoms with E-state index in [0.29, 0.717) is 11.0 Å². The van der Waals surface area contributed by atoms with Gasteiger partial charge in [-0.15, -0.1) is 6.58 Å². The van der Waals surface area contributed by atoms with Crippen LogP contribution in [0.15, 0.2) is 35.3 Å². The number of hydrogen-bond donors (Lipinski definition) is 1. The topological polar surface area (TPSA) is 55.2 Å². The lowest BCUT2D eigenvalue weighted by Gasteiger charge is -2.09. The van der Waals surface area contributed by atoms with Crippen LogP contribution in [0.3, 0.4) is 0 Å². The van der Waals surface area contributed by atoms with E-state index in [-0.39, 0.29) is 11.7 Å². The van der Waals surface area contributed by atoms with E-state index in [2.05, 4.69) is 27.8 Å². The lowest BCUT2D eigenvalue weighted by molar-refractivity contribution is -0.385. The maximum absolute atomic E-state index is 10.6. The predicted molar refractivity (Wildman–Crippen MR) is 67.3 cm³/mol. The van der Waals surface area contributed by atoms with Crippen molar-refractivity contribution in [2.45, 2.75) is 19.5 Å². The zero-order valence-corrected chi connectivity index (χ0v) is 10.5. The van der Waals surface area contributed by atoms with Gasteiger partial charge in [-0.1, -0.05) is 22.0 Å². The fourth-order valence-corrected chi connectivity index (χ4v) is 1.73. The first-order chi connectivity index (χ1) is 7.52. The summed E-state index contributed by atoms with van der Waals surface area (Å²) in [4.78, 5) is 10.3. The molecule has 1 atom stereocenters. The van der Waals surface area contributed by atoms with Crippen molar-refractivity contribution in [1.82, 2.24) is 5.32 Å². The second-order valence-electron chi connectivity index (χ2n) is 3.48. The van der Waals surface area contributed by atoms with E-state index < -0.39 is 4.92 Å². The van der Waals surface area contributed by atoms with Crippen LogP contribution in [0.5, 0.6) is 0 Å². The molecular weight excluding hydrogens is 272 g/mol. The van der Waals surface area contributed by atoms with Crippen molar-refractivity contribution in [3.8, 4) is 0 Å². The minimum Gasteiger partial charge on any atom is -0.307 e. The van der Waals surface area contributed by atoms with Gasteiger partial charge in [-0.25, -0.2) is 0 Å². The molecule has 0 saturated heterocycles. The van der Waals surface area contributed by atoms with E-state index >= 15 is 0 Å². The molecule has 0 aliphatic carbocycles. The standard InChI is InChI=1S/C11H13BrN2O2/c1-3-8(2)13-7-9-4-10(12)6-11(5-9)14(15)16/h3-6,8,13H,1,7H2,2H3. The second kappa shape index (κ2) is 5.77. The molecule has 0 aliphatic rings. The van der Waals surface area contributed by atoms with Gasteiger partial charge in [0.1, 0.15) is 0 Å². The Kier molecular flexibility index (Phi) is 4.64. The average Bonchev–Trinajstić information content (AvgIpc) is 2.25. The number of nitrogens with zero attached hydrogens (tertiary/aromatic N) is 1. The van der Waals surface area contributed by atoms with Crippen LogP contribution in [0, 0.1) is 10.1 Å². The highest BCUT2D eigenvalue weighted by Crippen LogP contribution is 2.21. The maximum Gasteiger partial charge on any atom is 0.270 e. The molecule has 0 bridgehead atoms. The van der Waals surface area contributed by atoms with Crippen LogP contribution in [0.2, 0.25) is 0 Å². The lowest BCUT2D eigenvalue weighted by atomic mass is 10.2. The van der Waals surface area contributed by atoms with Gasteiger partial charge in [-0.3, -0.25) is 10.1 Å². The van der Waals surface area contributed by atoms with E-state index in [9.17, 15) is 10.1 Å². The molecule has 0 fully saturated rings. The SMILES string of the molecule is C=CC(C)NCc1cc(Br)cc([N+](=O)[O-])c1. The fourth-order valence-electron chi connectivity index (χ4n) is 1.20. The summed E-state index contributed by atoms with van der Waals surface area (Å²) < 4.78 is 0.713. The molecule has 0 radical (unpaired) electrons. The number of nitrogens with one attached hydrogen (secondary N) is 1. The number of benzene rings is 1. The first-order valence-corrected chi connectivity index (χ1v) is 5.62. The highest BCUT2D eigenvalue weighted by Gasteiger charge is 2.08. The highest BCUT2D eigenvalue weighted by atomic mass is 79.9. The fraction of sp³-hybridized carbons (Fsp3) is 0.273. The molecule has 0 heterocycles. The highest BCUT2D eigenvalue weighted by molar-refractivity contribution is 9.10. The van der Waals surface area contributed by atoms with Crippen molar-refractivity contribution in [1.29, 1.82) is 0 Å². The first-order valence-electron chi connectivity index (χ1n) is 4.82. The molecule has 0 aliphatic heterocycles. The third-order valence-corrected chi connectivity index (χ3v) is 2.59. The third-order valence-electron chi connectivity index (χ3n) is 2.13. The van der Waals surface area contributed by atoms with Gasteiger partial charge in [0.05, 0.1) is 4.92 Å². The molecule has 1 aromatic carbocycles. The second-order valence-corrected chi connectivity index (χ2v) is 4.40. The third kappa shape index (κ3) is 3.75. The Morgan fingerprint density at radius 2 is 2.31 bits per heavy atom. The molecule has 5 heteroatoms. The van der Waals surface area contributed by atoms with Crippen LogP contribution in [0.1, 0.15) is 12.5 Å². The first kappa shape index (κ1) is 12.9. The van der Waals surface area contributed by atoms with Crippen molar-refractivity contribution in [2.75, 3.05) is 0 Å². The Morgan fingerprint density at radius 1 is 1.62 bits per heavy atom. The Bertz CT molecular complexity index is 407. The molecule has 4 nitrogen and oxygen atoms in total. The Balaban J connectivity index is 2.80. The van der Waals surface area contributed by atoms with Crippen molar-refractivity contribution < 1.29 is 4.92 Å². The number of non-ortho nitro benzene ring substituents is 1. The van der Waals surface area contributed by atoms with E-state index in [4.69, 9.17) is 0 Å². The van der Waals surface area contributed by atoms with Crippen molar-refractivity contribution in [2.24, 2.45) is 0 Å². The van der Waals surface area contributed by atoms with Gasteiger partial charge in [-0.2, -0.15) is 0 Å². The largest absolute Gasteiger partial charge is 0.307 e. The van der Waals surface area contributed by atoms with E-state index in [1.165, 1.54) is 6.07 Å². The molecule has 0 aromatic heterocycles. The Hall–Kier alpha value is -1.20. The minimum atomic E-state index is -0.398. The summed E-state index contributed by atoms with van der Waals surface area (Å²) in [5, 5.41) is 13.8. The Labute approximate surface area is 103 Å². The molecule has 16 heavy (non-hydrogen) atoms. The molecule has 1 unspecified atom stereocenters. The predicted octanol–water partition coefficient (Wildman–Crippen LogP) is 3.02. The van der Waals surface area contributed by atoms with Gasteiger partial charge >= 0.3 is 0 Å². The van der Waals surface area contributed by atoms with Gasteiger partial charge < -0.3 is 5.32 Å². The molecule has 1 aromatic rings. The van der Waals surface area contributed by atoms with Crippen molar-refractivity contribution >= 4 is 21.6 Å². The van der Waals surface area contributed by atoms with Crippen molar-refractivity contribution in [3.05, 3.63) is 51.0 Å². The summed E-state index contributed by atoms with van der Waals surface area (Å²) in [6.45, 7) is 6.20. The summed E-state index contributed by atoms with van der Waals surface area (Å²) in [6, 6.07) is 5.09. The van der Waals surface area contributed by atoms with Gasteiger partial charge in [-0.05, 0) is 18.6 Å². The monoisotopic (exact) mass is 284 g/mol. The van der Waals surface area contributed by atoms with Gasteiger partial charge in [0.25, 0.3) is 5.69 Å². The molecular formula is C11H13BrN2O2. The smallest absolute Gasteiger partial charge is 0.270 e. The van der Waals surface area contributed by atoms with E-state index in [1.54, 1.807) is 12.1 Å². The van der Waals surface area contributed by atoms with Crippen LogP contribution in [0.4, 0.5) is 5.69 Å². The number of hydrogen-bond acceptors (Lipinski definition) is 3. The van der Waals surface area contributed by atoms with E-state index in [0.717, 1.165) is 5.56 Å². The summed E-state index contributed by atoms with van der Waals surface area (Å²) in [6.07, 6.45) is 1.78. The number of halogens is 1. The van der Waals surface area contributed by atoms with E-state index in [1.807, 2.05) is 13.0 Å². The van der Waals surface area contributed by atoms with Crippen LogP contribution in [0.25, 0.3) is 0 Å². The number of nitro groups is 1. The lowest BCUT2D eigenvalue weighted by Crippen LogP contribution is -2.22. The normalized spacial score (nSPS) is 12.1. The summed E-state index contributed by atoms with van der Waals surface area (Å²) >= 11 is 3.25. The number of rotatable bonds is 5. The molecule has 0 amide bonds. The quantitative estimate of drug-likeness (QED) is 0.514. The molecule has 1 N–H and O–H groups in total. The molecule has 86 valence electrons. The minimum absolute atomic E-state index is 0.0948. The average molecular weight is 285 g/mol. The van der Waals surface area contributed by atoms with Crippen LogP contribution in [-0.4, -0.2) is 11.0 Å². The van der Waals surface area contributed by atoms with Gasteiger partial charge in [0.2, 0.25) is 0 Å².